The summed E-state index contributed by atoms with van der Waals surface area (Å²) in [5, 5.41) is 0. The Balaban J connectivity index is 5.44. The van der Waals surface area contributed by atoms with E-state index in [9.17, 15) is 16.8 Å². The maximum absolute atomic E-state index is 12.1. The molecule has 0 aromatic heterocycles. The summed E-state index contributed by atoms with van der Waals surface area (Å²) in [6.45, 7) is 13.6. The van der Waals surface area contributed by atoms with Crippen LogP contribution in [0.4, 0.5) is 0 Å². The minimum atomic E-state index is -3.44. The molecule has 146 valence electrons. The molecule has 0 heterocycles. The van der Waals surface area contributed by atoms with Gasteiger partial charge < -0.3 is 4.74 Å². The normalized spacial score (nSPS) is 17.1. The van der Waals surface area contributed by atoms with Crippen molar-refractivity contribution in [3.63, 3.8) is 0 Å². The molecule has 24 heavy (non-hydrogen) atoms. The monoisotopic (exact) mass is 385 g/mol. The molecule has 6 nitrogen and oxygen atoms in total. The Morgan fingerprint density at radius 1 is 0.958 bits per heavy atom. The van der Waals surface area contributed by atoms with Crippen molar-refractivity contribution >= 4 is 19.9 Å². The third kappa shape index (κ3) is 9.34. The third-order valence-corrected chi connectivity index (χ3v) is 6.42. The Hall–Kier alpha value is -0.180. The second-order valence-corrected chi connectivity index (χ2v) is 12.8. The SMILES string of the molecule is C[C@H](O[C@@H](CCS(C)(=O)=O)CN(C(C)(C)C)S(C)(=O)=O)C(C)(C)C. The molecule has 0 aromatic rings. The van der Waals surface area contributed by atoms with Crippen LogP contribution in [-0.4, -0.2) is 63.7 Å². The quantitative estimate of drug-likeness (QED) is 0.640. The van der Waals surface area contributed by atoms with Crippen molar-refractivity contribution in [1.82, 2.24) is 4.31 Å². The molecule has 0 amide bonds. The number of hydrogen-bond donors (Lipinski definition) is 0. The van der Waals surface area contributed by atoms with Gasteiger partial charge in [0.25, 0.3) is 0 Å². The van der Waals surface area contributed by atoms with Crippen LogP contribution in [0.2, 0.25) is 0 Å². The van der Waals surface area contributed by atoms with Crippen LogP contribution >= 0.6 is 0 Å². The van der Waals surface area contributed by atoms with E-state index >= 15 is 0 Å². The average Bonchev–Trinajstić information content (AvgIpc) is 2.26. The predicted octanol–water partition coefficient (Wildman–Crippen LogP) is 2.30. The fourth-order valence-electron chi connectivity index (χ4n) is 2.13. The molecule has 0 spiro atoms. The summed E-state index contributed by atoms with van der Waals surface area (Å²) in [6, 6.07) is 0. The number of ether oxygens (including phenoxy) is 1. The summed E-state index contributed by atoms with van der Waals surface area (Å²) in [5.41, 5.74) is -0.730. The number of sulfone groups is 1. The summed E-state index contributed by atoms with van der Waals surface area (Å²) in [5.74, 6) is -0.0315. The number of rotatable bonds is 8. The predicted molar refractivity (Wildman–Crippen MR) is 99.4 cm³/mol. The highest BCUT2D eigenvalue weighted by molar-refractivity contribution is 7.90. The first-order chi connectivity index (χ1) is 10.3. The van der Waals surface area contributed by atoms with Crippen LogP contribution in [0.5, 0.6) is 0 Å². The molecule has 0 saturated heterocycles. The molecule has 0 aliphatic carbocycles. The van der Waals surface area contributed by atoms with Gasteiger partial charge in [-0.25, -0.2) is 16.8 Å². The van der Waals surface area contributed by atoms with Gasteiger partial charge in [-0.3, -0.25) is 0 Å². The lowest BCUT2D eigenvalue weighted by molar-refractivity contribution is -0.0657. The van der Waals surface area contributed by atoms with Gasteiger partial charge in [0.2, 0.25) is 10.0 Å². The summed E-state index contributed by atoms with van der Waals surface area (Å²) >= 11 is 0. The Kier molecular flexibility index (Phi) is 7.95. The van der Waals surface area contributed by atoms with Crippen LogP contribution in [0, 0.1) is 5.41 Å². The summed E-state index contributed by atoms with van der Waals surface area (Å²) in [4.78, 5) is 0. The second kappa shape index (κ2) is 8.01. The molecule has 0 unspecified atom stereocenters. The topological polar surface area (TPSA) is 80.8 Å². The second-order valence-electron chi connectivity index (χ2n) is 8.65. The molecule has 0 aliphatic rings. The van der Waals surface area contributed by atoms with Gasteiger partial charge >= 0.3 is 0 Å². The highest BCUT2D eigenvalue weighted by atomic mass is 32.2. The zero-order valence-corrected chi connectivity index (χ0v) is 18.2. The standard InChI is InChI=1S/C16H35NO5S2/c1-13(15(2,3)4)22-14(10-11-23(8,18)19)12-17(16(5,6)7)24(9,20)21/h13-14H,10-12H2,1-9H3/t13-,14-/m0/s1. The van der Waals surface area contributed by atoms with Crippen LogP contribution in [0.15, 0.2) is 0 Å². The van der Waals surface area contributed by atoms with Gasteiger partial charge in [0.05, 0.1) is 24.2 Å². The van der Waals surface area contributed by atoms with E-state index in [0.29, 0.717) is 0 Å². The van der Waals surface area contributed by atoms with Crippen LogP contribution in [-0.2, 0) is 24.6 Å². The maximum Gasteiger partial charge on any atom is 0.211 e. The number of nitrogens with zero attached hydrogens (tertiary/aromatic N) is 1. The van der Waals surface area contributed by atoms with Crippen molar-refractivity contribution in [3.05, 3.63) is 0 Å². The summed E-state index contributed by atoms with van der Waals surface area (Å²) in [7, 11) is -6.58. The average molecular weight is 386 g/mol. The van der Waals surface area contributed by atoms with Gasteiger partial charge in [-0.05, 0) is 39.5 Å². The largest absolute Gasteiger partial charge is 0.373 e. The molecular weight excluding hydrogens is 350 g/mol. The molecule has 0 radical (unpaired) electrons. The van der Waals surface area contributed by atoms with E-state index in [4.69, 9.17) is 4.74 Å². The van der Waals surface area contributed by atoms with E-state index in [0.717, 1.165) is 0 Å². The van der Waals surface area contributed by atoms with Crippen molar-refractivity contribution in [3.8, 4) is 0 Å². The first-order valence-electron chi connectivity index (χ1n) is 8.15. The van der Waals surface area contributed by atoms with E-state index in [-0.39, 0.29) is 30.2 Å². The molecule has 2 atom stereocenters. The molecule has 0 rings (SSSR count). The van der Waals surface area contributed by atoms with E-state index in [2.05, 4.69) is 0 Å². The molecule has 0 aromatic carbocycles. The fourth-order valence-corrected chi connectivity index (χ4v) is 4.26. The Morgan fingerprint density at radius 2 is 1.42 bits per heavy atom. The van der Waals surface area contributed by atoms with Crippen molar-refractivity contribution in [2.24, 2.45) is 5.41 Å². The molecule has 0 fully saturated rings. The minimum Gasteiger partial charge on any atom is -0.373 e. The molecule has 0 bridgehead atoms. The van der Waals surface area contributed by atoms with E-state index < -0.39 is 31.5 Å². The van der Waals surface area contributed by atoms with Crippen LogP contribution in [0.3, 0.4) is 0 Å². The van der Waals surface area contributed by atoms with Crippen LogP contribution in [0.1, 0.15) is 54.9 Å². The smallest absolute Gasteiger partial charge is 0.211 e. The number of sulfonamides is 1. The Bertz CT molecular complexity index is 597. The highest BCUT2D eigenvalue weighted by Crippen LogP contribution is 2.26. The zero-order valence-electron chi connectivity index (χ0n) is 16.6. The summed E-state index contributed by atoms with van der Waals surface area (Å²) < 4.78 is 54.8. The van der Waals surface area contributed by atoms with Crippen LogP contribution in [0.25, 0.3) is 0 Å². The molecule has 0 aliphatic heterocycles. The molecular formula is C16H35NO5S2. The van der Waals surface area contributed by atoms with Crippen molar-refractivity contribution in [2.75, 3.05) is 24.8 Å². The van der Waals surface area contributed by atoms with Crippen molar-refractivity contribution < 1.29 is 21.6 Å². The zero-order chi connectivity index (χ0) is 19.6. The number of hydrogen-bond acceptors (Lipinski definition) is 5. The third-order valence-electron chi connectivity index (χ3n) is 3.94. The lowest BCUT2D eigenvalue weighted by Gasteiger charge is -2.38. The summed E-state index contributed by atoms with van der Waals surface area (Å²) in [6.07, 6.45) is 1.99. The molecule has 8 heteroatoms. The van der Waals surface area contributed by atoms with E-state index in [1.165, 1.54) is 16.8 Å². The Labute approximate surface area is 148 Å². The lowest BCUT2D eigenvalue weighted by atomic mass is 9.90. The van der Waals surface area contributed by atoms with Gasteiger partial charge in [-0.2, -0.15) is 4.31 Å². The highest BCUT2D eigenvalue weighted by Gasteiger charge is 2.34. The minimum absolute atomic E-state index is 0.0315. The van der Waals surface area contributed by atoms with Crippen molar-refractivity contribution in [2.45, 2.75) is 72.6 Å². The first-order valence-corrected chi connectivity index (χ1v) is 12.1. The fraction of sp³-hybridized carbons (Fsp3) is 1.00. The van der Waals surface area contributed by atoms with Gasteiger partial charge in [-0.1, -0.05) is 20.8 Å². The van der Waals surface area contributed by atoms with Crippen molar-refractivity contribution in [1.29, 1.82) is 0 Å². The first kappa shape index (κ1) is 23.8. The van der Waals surface area contributed by atoms with E-state index in [1.54, 1.807) is 0 Å². The van der Waals surface area contributed by atoms with Gasteiger partial charge in [0, 0.05) is 18.3 Å². The molecule has 0 N–H and O–H groups in total. The molecule has 0 saturated carbocycles. The van der Waals surface area contributed by atoms with Gasteiger partial charge in [0.1, 0.15) is 9.84 Å². The van der Waals surface area contributed by atoms with E-state index in [1.807, 2.05) is 48.5 Å². The van der Waals surface area contributed by atoms with Gasteiger partial charge in [0.15, 0.2) is 0 Å². The van der Waals surface area contributed by atoms with Gasteiger partial charge in [-0.15, -0.1) is 0 Å². The van der Waals surface area contributed by atoms with Crippen LogP contribution < -0.4 is 0 Å². The maximum atomic E-state index is 12.1. The lowest BCUT2D eigenvalue weighted by Crippen LogP contribution is -2.50. The Morgan fingerprint density at radius 3 is 1.71 bits per heavy atom.